The highest BCUT2D eigenvalue weighted by atomic mass is 14.0. The van der Waals surface area contributed by atoms with Crippen molar-refractivity contribution >= 4 is 0 Å². The fourth-order valence-electron chi connectivity index (χ4n) is 1.62. The summed E-state index contributed by atoms with van der Waals surface area (Å²) >= 11 is 0. The van der Waals surface area contributed by atoms with Gasteiger partial charge in [0, 0.05) is 0 Å². The van der Waals surface area contributed by atoms with Crippen molar-refractivity contribution < 1.29 is 0 Å². The summed E-state index contributed by atoms with van der Waals surface area (Å²) in [6.07, 6.45) is 13.3. The first kappa shape index (κ1) is 12.7. The molecule has 0 aromatic rings. The van der Waals surface area contributed by atoms with Crippen LogP contribution in [0.4, 0.5) is 0 Å². The Balaban J connectivity index is 3.41. The Morgan fingerprint density at radius 3 is 1.62 bits per heavy atom. The summed E-state index contributed by atoms with van der Waals surface area (Å²) in [7, 11) is 0. The monoisotopic (exact) mass is 182 g/mol. The molecule has 0 aliphatic heterocycles. The molecule has 0 nitrogen and oxygen atoms in total. The van der Waals surface area contributed by atoms with E-state index in [4.69, 9.17) is 0 Å². The van der Waals surface area contributed by atoms with Crippen LogP contribution in [-0.4, -0.2) is 0 Å². The zero-order valence-corrected chi connectivity index (χ0v) is 9.73. The van der Waals surface area contributed by atoms with E-state index in [1.54, 1.807) is 5.57 Å². The molecular formula is C13H26. The molecule has 13 heavy (non-hydrogen) atoms. The van der Waals surface area contributed by atoms with Crippen LogP contribution in [0.2, 0.25) is 0 Å². The number of hydrogen-bond donors (Lipinski definition) is 0. The number of hydrogen-bond acceptors (Lipinski definition) is 0. The lowest BCUT2D eigenvalue weighted by molar-refractivity contribution is 0.658. The first-order valence-corrected chi connectivity index (χ1v) is 5.99. The van der Waals surface area contributed by atoms with Gasteiger partial charge in [-0.1, -0.05) is 51.2 Å². The summed E-state index contributed by atoms with van der Waals surface area (Å²) in [6.45, 7) is 6.73. The molecule has 0 radical (unpaired) electrons. The van der Waals surface area contributed by atoms with Crippen molar-refractivity contribution in [2.45, 2.75) is 72.1 Å². The van der Waals surface area contributed by atoms with Gasteiger partial charge in [0.25, 0.3) is 0 Å². The SMILES string of the molecule is CC=C(CCCCC)CCCCC. The van der Waals surface area contributed by atoms with E-state index in [0.717, 1.165) is 0 Å². The van der Waals surface area contributed by atoms with Gasteiger partial charge < -0.3 is 0 Å². The Hall–Kier alpha value is -0.260. The van der Waals surface area contributed by atoms with E-state index in [9.17, 15) is 0 Å². The first-order chi connectivity index (χ1) is 6.35. The van der Waals surface area contributed by atoms with Gasteiger partial charge >= 0.3 is 0 Å². The zero-order valence-electron chi connectivity index (χ0n) is 9.73. The molecule has 0 atom stereocenters. The van der Waals surface area contributed by atoms with E-state index in [2.05, 4.69) is 26.8 Å². The van der Waals surface area contributed by atoms with Crippen molar-refractivity contribution in [3.8, 4) is 0 Å². The van der Waals surface area contributed by atoms with Gasteiger partial charge in [0.1, 0.15) is 0 Å². The largest absolute Gasteiger partial charge is 0.0885 e. The molecule has 0 N–H and O–H groups in total. The predicted molar refractivity (Wildman–Crippen MR) is 62.0 cm³/mol. The average molecular weight is 182 g/mol. The molecule has 0 amide bonds. The normalized spacial score (nSPS) is 10.1. The molecule has 0 fully saturated rings. The molecule has 0 aliphatic rings. The summed E-state index contributed by atoms with van der Waals surface area (Å²) in [5.74, 6) is 0. The zero-order chi connectivity index (χ0) is 9.94. The van der Waals surface area contributed by atoms with Crippen LogP contribution in [0.3, 0.4) is 0 Å². The topological polar surface area (TPSA) is 0 Å². The molecule has 0 rings (SSSR count). The second-order valence-corrected chi connectivity index (χ2v) is 3.86. The second-order valence-electron chi connectivity index (χ2n) is 3.86. The maximum Gasteiger partial charge on any atom is -0.0320 e. The van der Waals surface area contributed by atoms with Crippen LogP contribution in [0, 0.1) is 0 Å². The van der Waals surface area contributed by atoms with E-state index >= 15 is 0 Å². The van der Waals surface area contributed by atoms with Crippen molar-refractivity contribution in [3.05, 3.63) is 11.6 Å². The molecule has 0 heterocycles. The predicted octanol–water partition coefficient (Wildman–Crippen LogP) is 5.09. The molecule has 0 saturated heterocycles. The molecular weight excluding hydrogens is 156 g/mol. The molecule has 0 saturated carbocycles. The van der Waals surface area contributed by atoms with Crippen LogP contribution in [0.15, 0.2) is 11.6 Å². The van der Waals surface area contributed by atoms with Gasteiger partial charge in [0.2, 0.25) is 0 Å². The van der Waals surface area contributed by atoms with E-state index < -0.39 is 0 Å². The van der Waals surface area contributed by atoms with E-state index in [1.807, 2.05) is 0 Å². The molecule has 0 aromatic carbocycles. The minimum absolute atomic E-state index is 1.34. The maximum atomic E-state index is 2.32. The van der Waals surface area contributed by atoms with Crippen molar-refractivity contribution in [2.24, 2.45) is 0 Å². The highest BCUT2D eigenvalue weighted by Gasteiger charge is 1.95. The molecule has 0 bridgehead atoms. The highest BCUT2D eigenvalue weighted by Crippen LogP contribution is 2.15. The average Bonchev–Trinajstić information content (AvgIpc) is 2.16. The maximum absolute atomic E-state index is 2.32. The number of allylic oxidation sites excluding steroid dienone is 2. The van der Waals surface area contributed by atoms with Gasteiger partial charge in [-0.05, 0) is 32.6 Å². The van der Waals surface area contributed by atoms with E-state index in [1.165, 1.54) is 51.4 Å². The summed E-state index contributed by atoms with van der Waals surface area (Å²) in [4.78, 5) is 0. The Labute approximate surface area is 84.4 Å². The standard InChI is InChI=1S/C13H26/c1-4-7-9-11-13(6-3)12-10-8-5-2/h6H,4-5,7-12H2,1-3H3. The number of rotatable bonds is 8. The summed E-state index contributed by atoms with van der Waals surface area (Å²) < 4.78 is 0. The third-order valence-corrected chi connectivity index (χ3v) is 2.61. The number of unbranched alkanes of at least 4 members (excludes halogenated alkanes) is 4. The van der Waals surface area contributed by atoms with Crippen molar-refractivity contribution in [1.29, 1.82) is 0 Å². The Morgan fingerprint density at radius 1 is 0.846 bits per heavy atom. The lowest BCUT2D eigenvalue weighted by Gasteiger charge is -2.05. The summed E-state index contributed by atoms with van der Waals surface area (Å²) in [6, 6.07) is 0. The van der Waals surface area contributed by atoms with Crippen molar-refractivity contribution in [1.82, 2.24) is 0 Å². The minimum Gasteiger partial charge on any atom is -0.0885 e. The fraction of sp³-hybridized carbons (Fsp3) is 0.846. The summed E-state index contributed by atoms with van der Waals surface area (Å²) in [5, 5.41) is 0. The summed E-state index contributed by atoms with van der Waals surface area (Å²) in [5.41, 5.74) is 1.68. The molecule has 0 aliphatic carbocycles. The lowest BCUT2D eigenvalue weighted by atomic mass is 10.0. The van der Waals surface area contributed by atoms with Crippen LogP contribution < -0.4 is 0 Å². The Morgan fingerprint density at radius 2 is 1.31 bits per heavy atom. The van der Waals surface area contributed by atoms with Crippen LogP contribution >= 0.6 is 0 Å². The lowest BCUT2D eigenvalue weighted by Crippen LogP contribution is -1.85. The third-order valence-electron chi connectivity index (χ3n) is 2.61. The highest BCUT2D eigenvalue weighted by molar-refractivity contribution is 4.99. The van der Waals surface area contributed by atoms with Gasteiger partial charge in [-0.25, -0.2) is 0 Å². The van der Waals surface area contributed by atoms with E-state index in [-0.39, 0.29) is 0 Å². The first-order valence-electron chi connectivity index (χ1n) is 5.99. The Kier molecular flexibility index (Phi) is 9.63. The molecule has 0 aromatic heterocycles. The van der Waals surface area contributed by atoms with Gasteiger partial charge in [-0.15, -0.1) is 0 Å². The Bertz CT molecular complexity index is 110. The van der Waals surface area contributed by atoms with Gasteiger partial charge in [0.15, 0.2) is 0 Å². The van der Waals surface area contributed by atoms with Crippen molar-refractivity contribution in [2.75, 3.05) is 0 Å². The molecule has 78 valence electrons. The quantitative estimate of drug-likeness (QED) is 0.362. The van der Waals surface area contributed by atoms with Gasteiger partial charge in [-0.2, -0.15) is 0 Å². The van der Waals surface area contributed by atoms with Crippen LogP contribution in [-0.2, 0) is 0 Å². The van der Waals surface area contributed by atoms with Crippen molar-refractivity contribution in [3.63, 3.8) is 0 Å². The molecule has 0 heteroatoms. The smallest absolute Gasteiger partial charge is 0.0320 e. The molecule has 0 spiro atoms. The van der Waals surface area contributed by atoms with Crippen LogP contribution in [0.5, 0.6) is 0 Å². The van der Waals surface area contributed by atoms with E-state index in [0.29, 0.717) is 0 Å². The van der Waals surface area contributed by atoms with Gasteiger partial charge in [0.05, 0.1) is 0 Å². The second kappa shape index (κ2) is 9.83. The molecule has 0 unspecified atom stereocenters. The third kappa shape index (κ3) is 8.08. The van der Waals surface area contributed by atoms with Gasteiger partial charge in [-0.3, -0.25) is 0 Å². The minimum atomic E-state index is 1.34. The van der Waals surface area contributed by atoms with Crippen LogP contribution in [0.1, 0.15) is 72.1 Å². The van der Waals surface area contributed by atoms with Crippen LogP contribution in [0.25, 0.3) is 0 Å². The fourth-order valence-corrected chi connectivity index (χ4v) is 1.62.